The van der Waals surface area contributed by atoms with Crippen molar-refractivity contribution in [3.8, 4) is 5.75 Å². The van der Waals surface area contributed by atoms with Gasteiger partial charge in [0.1, 0.15) is 5.75 Å². The molecule has 0 bridgehead atoms. The number of aryl methyl sites for hydroxylation is 1. The first kappa shape index (κ1) is 15.4. The Kier molecular flexibility index (Phi) is 4.39. The van der Waals surface area contributed by atoms with Gasteiger partial charge in [0, 0.05) is 5.25 Å². The SMILES string of the molecule is Cc1ccc(OCc2nnc(SC3CCS(=O)(=O)C3)o2)cc1. The summed E-state index contributed by atoms with van der Waals surface area (Å²) in [4.78, 5) is 0. The van der Waals surface area contributed by atoms with Crippen LogP contribution in [-0.4, -0.2) is 35.4 Å². The van der Waals surface area contributed by atoms with Gasteiger partial charge in [-0.2, -0.15) is 0 Å². The van der Waals surface area contributed by atoms with Crippen LogP contribution in [0.15, 0.2) is 33.9 Å². The zero-order chi connectivity index (χ0) is 15.6. The normalized spacial score (nSPS) is 20.1. The average Bonchev–Trinajstić information content (AvgIpc) is 3.05. The molecule has 1 aliphatic heterocycles. The second-order valence-electron chi connectivity index (χ2n) is 5.21. The molecule has 6 nitrogen and oxygen atoms in total. The molecule has 1 aromatic heterocycles. The molecule has 3 rings (SSSR count). The minimum Gasteiger partial charge on any atom is -0.484 e. The predicted octanol–water partition coefficient (Wildman–Crippen LogP) is 2.24. The lowest BCUT2D eigenvalue weighted by Gasteiger charge is -2.03. The highest BCUT2D eigenvalue weighted by atomic mass is 32.2. The van der Waals surface area contributed by atoms with Crippen molar-refractivity contribution in [1.82, 2.24) is 10.2 Å². The largest absolute Gasteiger partial charge is 0.484 e. The molecule has 0 amide bonds. The topological polar surface area (TPSA) is 82.3 Å². The summed E-state index contributed by atoms with van der Waals surface area (Å²) in [5, 5.41) is 8.23. The number of hydrogen-bond donors (Lipinski definition) is 0. The van der Waals surface area contributed by atoms with E-state index in [0.717, 1.165) is 11.3 Å². The Morgan fingerprint density at radius 2 is 2.09 bits per heavy atom. The molecule has 1 atom stereocenters. The van der Waals surface area contributed by atoms with Crippen molar-refractivity contribution in [2.24, 2.45) is 0 Å². The molecule has 0 spiro atoms. The number of rotatable bonds is 5. The third-order valence-electron chi connectivity index (χ3n) is 3.29. The average molecular weight is 340 g/mol. The van der Waals surface area contributed by atoms with Crippen LogP contribution < -0.4 is 4.74 Å². The summed E-state index contributed by atoms with van der Waals surface area (Å²) in [6.07, 6.45) is 0.630. The molecule has 1 saturated heterocycles. The van der Waals surface area contributed by atoms with Gasteiger partial charge in [-0.05, 0) is 25.5 Å². The van der Waals surface area contributed by atoms with E-state index in [1.807, 2.05) is 31.2 Å². The van der Waals surface area contributed by atoms with Gasteiger partial charge in [-0.25, -0.2) is 8.42 Å². The van der Waals surface area contributed by atoms with Crippen molar-refractivity contribution in [2.45, 2.75) is 30.4 Å². The second kappa shape index (κ2) is 6.29. The van der Waals surface area contributed by atoms with Crippen LogP contribution in [-0.2, 0) is 16.4 Å². The van der Waals surface area contributed by atoms with Crippen LogP contribution in [0.1, 0.15) is 17.9 Å². The Bertz CT molecular complexity index is 740. The van der Waals surface area contributed by atoms with Gasteiger partial charge in [0.15, 0.2) is 16.4 Å². The van der Waals surface area contributed by atoms with E-state index in [1.165, 1.54) is 11.8 Å². The first-order chi connectivity index (χ1) is 10.5. The van der Waals surface area contributed by atoms with Crippen LogP contribution in [0.4, 0.5) is 0 Å². The van der Waals surface area contributed by atoms with E-state index in [9.17, 15) is 8.42 Å². The summed E-state index contributed by atoms with van der Waals surface area (Å²) in [6.45, 7) is 2.20. The fourth-order valence-corrected chi connectivity index (χ4v) is 5.46. The molecular formula is C14H16N2O4S2. The van der Waals surface area contributed by atoms with Crippen LogP contribution in [0, 0.1) is 6.92 Å². The van der Waals surface area contributed by atoms with Crippen LogP contribution in [0.2, 0.25) is 0 Å². The standard InChI is InChI=1S/C14H16N2O4S2/c1-10-2-4-11(5-3-10)19-8-13-15-16-14(20-13)21-12-6-7-22(17,18)9-12/h2-5,12H,6-9H2,1H3. The number of thioether (sulfide) groups is 1. The van der Waals surface area contributed by atoms with Crippen molar-refractivity contribution in [1.29, 1.82) is 0 Å². The van der Waals surface area contributed by atoms with Gasteiger partial charge in [0.2, 0.25) is 0 Å². The minimum atomic E-state index is -2.89. The third kappa shape index (κ3) is 4.01. The molecule has 118 valence electrons. The highest BCUT2D eigenvalue weighted by Crippen LogP contribution is 2.30. The van der Waals surface area contributed by atoms with Crippen LogP contribution in [0.5, 0.6) is 5.75 Å². The van der Waals surface area contributed by atoms with Gasteiger partial charge in [0.25, 0.3) is 11.1 Å². The molecule has 0 saturated carbocycles. The molecule has 0 aliphatic carbocycles. The van der Waals surface area contributed by atoms with E-state index in [4.69, 9.17) is 9.15 Å². The van der Waals surface area contributed by atoms with Gasteiger partial charge >= 0.3 is 0 Å². The van der Waals surface area contributed by atoms with Crippen molar-refractivity contribution >= 4 is 21.6 Å². The van der Waals surface area contributed by atoms with Gasteiger partial charge in [-0.3, -0.25) is 0 Å². The Morgan fingerprint density at radius 3 is 2.77 bits per heavy atom. The summed E-state index contributed by atoms with van der Waals surface area (Å²) in [5.74, 6) is 1.53. The van der Waals surface area contributed by atoms with E-state index in [0.29, 0.717) is 17.5 Å². The van der Waals surface area contributed by atoms with Gasteiger partial charge in [-0.1, -0.05) is 29.5 Å². The molecule has 1 aromatic carbocycles. The molecule has 1 unspecified atom stereocenters. The maximum absolute atomic E-state index is 11.4. The third-order valence-corrected chi connectivity index (χ3v) is 6.37. The maximum Gasteiger partial charge on any atom is 0.277 e. The molecular weight excluding hydrogens is 324 g/mol. The first-order valence-electron chi connectivity index (χ1n) is 6.89. The molecule has 8 heteroatoms. The number of ether oxygens (including phenoxy) is 1. The van der Waals surface area contributed by atoms with E-state index < -0.39 is 9.84 Å². The molecule has 2 aromatic rings. The highest BCUT2D eigenvalue weighted by molar-refractivity contribution is 8.01. The quantitative estimate of drug-likeness (QED) is 0.825. The summed E-state index contributed by atoms with van der Waals surface area (Å²) >= 11 is 1.32. The fraction of sp³-hybridized carbons (Fsp3) is 0.429. The zero-order valence-electron chi connectivity index (χ0n) is 12.1. The van der Waals surface area contributed by atoms with E-state index >= 15 is 0 Å². The number of benzene rings is 1. The van der Waals surface area contributed by atoms with Gasteiger partial charge in [0.05, 0.1) is 11.5 Å². The number of sulfone groups is 1. The summed E-state index contributed by atoms with van der Waals surface area (Å²) in [7, 11) is -2.89. The van der Waals surface area contributed by atoms with Crippen molar-refractivity contribution in [3.63, 3.8) is 0 Å². The van der Waals surface area contributed by atoms with E-state index in [1.54, 1.807) is 0 Å². The molecule has 0 radical (unpaired) electrons. The number of nitrogens with zero attached hydrogens (tertiary/aromatic N) is 2. The molecule has 1 aliphatic rings. The lowest BCUT2D eigenvalue weighted by molar-refractivity contribution is 0.252. The van der Waals surface area contributed by atoms with E-state index in [2.05, 4.69) is 10.2 Å². The Hall–Kier alpha value is -1.54. The molecule has 22 heavy (non-hydrogen) atoms. The highest BCUT2D eigenvalue weighted by Gasteiger charge is 2.30. The lowest BCUT2D eigenvalue weighted by atomic mass is 10.2. The summed E-state index contributed by atoms with van der Waals surface area (Å²) < 4.78 is 33.9. The Balaban J connectivity index is 1.54. The lowest BCUT2D eigenvalue weighted by Crippen LogP contribution is -2.05. The Labute approximate surface area is 133 Å². The monoisotopic (exact) mass is 340 g/mol. The Morgan fingerprint density at radius 1 is 1.32 bits per heavy atom. The number of hydrogen-bond acceptors (Lipinski definition) is 7. The van der Waals surface area contributed by atoms with Crippen molar-refractivity contribution in [2.75, 3.05) is 11.5 Å². The molecule has 0 N–H and O–H groups in total. The summed E-state index contributed by atoms with van der Waals surface area (Å²) in [6, 6.07) is 7.69. The minimum absolute atomic E-state index is 0.00341. The van der Waals surface area contributed by atoms with Gasteiger partial charge in [-0.15, -0.1) is 10.2 Å². The zero-order valence-corrected chi connectivity index (χ0v) is 13.7. The smallest absolute Gasteiger partial charge is 0.277 e. The van der Waals surface area contributed by atoms with Gasteiger partial charge < -0.3 is 9.15 Å². The first-order valence-corrected chi connectivity index (χ1v) is 9.59. The van der Waals surface area contributed by atoms with Crippen molar-refractivity contribution in [3.05, 3.63) is 35.7 Å². The van der Waals surface area contributed by atoms with Crippen LogP contribution >= 0.6 is 11.8 Å². The molecule has 2 heterocycles. The predicted molar refractivity (Wildman–Crippen MR) is 82.7 cm³/mol. The van der Waals surface area contributed by atoms with E-state index in [-0.39, 0.29) is 23.4 Å². The van der Waals surface area contributed by atoms with Crippen molar-refractivity contribution < 1.29 is 17.6 Å². The number of aromatic nitrogens is 2. The maximum atomic E-state index is 11.4. The second-order valence-corrected chi connectivity index (χ2v) is 8.69. The fourth-order valence-electron chi connectivity index (χ4n) is 2.12. The van der Waals surface area contributed by atoms with Crippen LogP contribution in [0.3, 0.4) is 0 Å². The summed E-state index contributed by atoms with van der Waals surface area (Å²) in [5.41, 5.74) is 1.16. The molecule has 1 fully saturated rings. The van der Waals surface area contributed by atoms with Crippen LogP contribution in [0.25, 0.3) is 0 Å².